The van der Waals surface area contributed by atoms with Crippen molar-refractivity contribution >= 4 is 35.1 Å². The largest absolute Gasteiger partial charge is 0.481 e. The molecular weight excluding hydrogens is 424 g/mol. The molecule has 4 N–H and O–H groups in total. The molecule has 2 aromatic rings. The zero-order valence-corrected chi connectivity index (χ0v) is 18.1. The Labute approximate surface area is 191 Å². The molecule has 33 heavy (non-hydrogen) atoms. The highest BCUT2D eigenvalue weighted by Gasteiger charge is 2.28. The monoisotopic (exact) mass is 450 g/mol. The first-order valence-electron chi connectivity index (χ1n) is 10.9. The number of carbonyl (C=O) groups excluding carboxylic acids is 2. The van der Waals surface area contributed by atoms with Crippen molar-refractivity contribution in [3.8, 4) is 0 Å². The Morgan fingerprint density at radius 2 is 2.12 bits per heavy atom. The predicted octanol–water partition coefficient (Wildman–Crippen LogP) is 1.45. The van der Waals surface area contributed by atoms with Gasteiger partial charge in [0, 0.05) is 43.4 Å². The van der Waals surface area contributed by atoms with E-state index in [1.807, 2.05) is 18.2 Å². The van der Waals surface area contributed by atoms with Gasteiger partial charge in [0.15, 0.2) is 5.96 Å². The maximum Gasteiger partial charge on any atom is 0.305 e. The minimum absolute atomic E-state index is 0.300. The first-order valence-corrected chi connectivity index (χ1v) is 10.9. The van der Waals surface area contributed by atoms with Gasteiger partial charge in [0.2, 0.25) is 11.8 Å². The topological polar surface area (TPSA) is 136 Å². The average Bonchev–Trinajstić information content (AvgIpc) is 3.23. The molecule has 172 valence electrons. The van der Waals surface area contributed by atoms with E-state index in [0.717, 1.165) is 36.4 Å². The summed E-state index contributed by atoms with van der Waals surface area (Å²) in [5, 5.41) is 18.3. The molecular formula is C23H26N6O4. The molecule has 4 rings (SSSR count). The number of aromatic nitrogens is 1. The number of benzene rings is 1. The van der Waals surface area contributed by atoms with E-state index >= 15 is 0 Å². The number of carboxylic acids is 1. The zero-order valence-electron chi connectivity index (χ0n) is 18.1. The number of hydrogen-bond acceptors (Lipinski definition) is 7. The molecule has 0 bridgehead atoms. The van der Waals surface area contributed by atoms with E-state index in [0.29, 0.717) is 24.5 Å². The van der Waals surface area contributed by atoms with Crippen LogP contribution in [0.15, 0.2) is 47.7 Å². The van der Waals surface area contributed by atoms with Crippen LogP contribution in [0.1, 0.15) is 36.4 Å². The second-order valence-corrected chi connectivity index (χ2v) is 7.96. The van der Waals surface area contributed by atoms with Gasteiger partial charge >= 0.3 is 5.97 Å². The highest BCUT2D eigenvalue weighted by Crippen LogP contribution is 2.31. The Morgan fingerprint density at radius 3 is 2.85 bits per heavy atom. The molecule has 3 heterocycles. The molecule has 10 heteroatoms. The summed E-state index contributed by atoms with van der Waals surface area (Å²) in [6.45, 7) is 2.12. The Hall–Kier alpha value is -3.95. The van der Waals surface area contributed by atoms with Gasteiger partial charge in [-0.1, -0.05) is 12.1 Å². The molecule has 0 aliphatic carbocycles. The number of guanidine groups is 1. The summed E-state index contributed by atoms with van der Waals surface area (Å²) in [7, 11) is 0. The lowest BCUT2D eigenvalue weighted by molar-refractivity contribution is -0.137. The summed E-state index contributed by atoms with van der Waals surface area (Å²) in [6.07, 6.45) is 4.10. The first kappa shape index (κ1) is 22.3. The highest BCUT2D eigenvalue weighted by atomic mass is 16.4. The zero-order chi connectivity index (χ0) is 23.2. The lowest BCUT2D eigenvalue weighted by atomic mass is 10.1. The first-order chi connectivity index (χ1) is 16.0. The number of hydrogen-bond donors (Lipinski definition) is 4. The molecule has 0 fully saturated rings. The summed E-state index contributed by atoms with van der Waals surface area (Å²) >= 11 is 0. The summed E-state index contributed by atoms with van der Waals surface area (Å²) in [6, 6.07) is 8.41. The van der Waals surface area contributed by atoms with Crippen LogP contribution in [0.4, 0.5) is 11.4 Å². The number of fused-ring (bicyclic) bond motifs is 1. The van der Waals surface area contributed by atoms with Gasteiger partial charge in [-0.25, -0.2) is 0 Å². The fourth-order valence-electron chi connectivity index (χ4n) is 3.96. The normalized spacial score (nSPS) is 15.6. The summed E-state index contributed by atoms with van der Waals surface area (Å²) in [5.74, 6) is -1.22. The third kappa shape index (κ3) is 5.65. The molecule has 1 aromatic carbocycles. The molecule has 1 unspecified atom stereocenters. The second kappa shape index (κ2) is 10.1. The van der Waals surface area contributed by atoms with Crippen molar-refractivity contribution in [1.82, 2.24) is 15.6 Å². The Morgan fingerprint density at radius 1 is 1.24 bits per heavy atom. The predicted molar refractivity (Wildman–Crippen MR) is 123 cm³/mol. The number of carboxylic acid groups (broad SMARTS) is 1. The van der Waals surface area contributed by atoms with Crippen molar-refractivity contribution in [3.05, 3.63) is 53.9 Å². The maximum atomic E-state index is 12.9. The number of aliphatic imine (C=N–C) groups is 1. The third-order valence-electron chi connectivity index (χ3n) is 5.55. The van der Waals surface area contributed by atoms with Crippen molar-refractivity contribution < 1.29 is 19.5 Å². The molecule has 1 aromatic heterocycles. The van der Waals surface area contributed by atoms with E-state index in [9.17, 15) is 19.5 Å². The Bertz CT molecular complexity index is 1070. The van der Waals surface area contributed by atoms with Gasteiger partial charge in [-0.05, 0) is 42.2 Å². The van der Waals surface area contributed by atoms with Crippen LogP contribution >= 0.6 is 0 Å². The molecule has 1 atom stereocenters. The summed E-state index contributed by atoms with van der Waals surface area (Å²) in [5.41, 5.74) is 3.18. The van der Waals surface area contributed by atoms with E-state index < -0.39 is 17.9 Å². The quantitative estimate of drug-likeness (QED) is 0.469. The number of nitrogens with zero attached hydrogens (tertiary/aromatic N) is 3. The summed E-state index contributed by atoms with van der Waals surface area (Å²) in [4.78, 5) is 46.8. The van der Waals surface area contributed by atoms with Crippen molar-refractivity contribution in [3.63, 3.8) is 0 Å². The number of amides is 2. The number of anilines is 2. The Kier molecular flexibility index (Phi) is 6.82. The number of pyridine rings is 1. The Balaban J connectivity index is 1.41. The summed E-state index contributed by atoms with van der Waals surface area (Å²) < 4.78 is 0. The minimum atomic E-state index is -1.05. The van der Waals surface area contributed by atoms with Crippen molar-refractivity contribution in [2.75, 3.05) is 29.9 Å². The van der Waals surface area contributed by atoms with Crippen LogP contribution in [-0.4, -0.2) is 53.5 Å². The van der Waals surface area contributed by atoms with Gasteiger partial charge in [-0.2, -0.15) is 0 Å². The van der Waals surface area contributed by atoms with Gasteiger partial charge in [0.25, 0.3) is 0 Å². The molecule has 10 nitrogen and oxygen atoms in total. The van der Waals surface area contributed by atoms with E-state index in [-0.39, 0.29) is 18.7 Å². The van der Waals surface area contributed by atoms with Gasteiger partial charge in [0.05, 0.1) is 12.5 Å². The van der Waals surface area contributed by atoms with E-state index in [1.165, 1.54) is 6.20 Å². The lowest BCUT2D eigenvalue weighted by Crippen LogP contribution is -2.37. The number of rotatable bonds is 7. The SMILES string of the molecule is O=C(O)CC(NC(=O)CC(=O)N1CCc2ccc(NC3=NCCCN3)cc21)c1cccnc1. The van der Waals surface area contributed by atoms with Crippen molar-refractivity contribution in [2.45, 2.75) is 31.7 Å². The third-order valence-corrected chi connectivity index (χ3v) is 5.55. The van der Waals surface area contributed by atoms with E-state index in [1.54, 1.807) is 23.2 Å². The molecule has 2 aliphatic heterocycles. The van der Waals surface area contributed by atoms with Crippen LogP contribution in [0.3, 0.4) is 0 Å². The smallest absolute Gasteiger partial charge is 0.305 e. The van der Waals surface area contributed by atoms with Crippen LogP contribution < -0.4 is 20.9 Å². The van der Waals surface area contributed by atoms with Crippen LogP contribution in [0.2, 0.25) is 0 Å². The van der Waals surface area contributed by atoms with Crippen molar-refractivity contribution in [2.24, 2.45) is 4.99 Å². The molecule has 0 spiro atoms. The number of aliphatic carboxylic acids is 1. The molecule has 2 amide bonds. The standard InChI is InChI=1S/C23H26N6O4/c30-20(28-18(12-22(32)33)16-3-1-7-24-14-16)13-21(31)29-10-6-15-4-5-17(11-19(15)29)27-23-25-8-2-9-26-23/h1,3-5,7,11,14,18H,2,6,8-10,12-13H2,(H,28,30)(H,32,33)(H2,25,26,27). The highest BCUT2D eigenvalue weighted by molar-refractivity contribution is 6.06. The van der Waals surface area contributed by atoms with Crippen LogP contribution in [0.25, 0.3) is 0 Å². The number of carbonyl (C=O) groups is 3. The van der Waals surface area contributed by atoms with Crippen LogP contribution in [0, 0.1) is 0 Å². The van der Waals surface area contributed by atoms with Gasteiger partial charge in [-0.3, -0.25) is 24.4 Å². The van der Waals surface area contributed by atoms with Crippen molar-refractivity contribution in [1.29, 1.82) is 0 Å². The fraction of sp³-hybridized carbons (Fsp3) is 0.348. The van der Waals surface area contributed by atoms with Gasteiger partial charge in [-0.15, -0.1) is 0 Å². The number of nitrogens with one attached hydrogen (secondary N) is 3. The second-order valence-electron chi connectivity index (χ2n) is 7.96. The van der Waals surface area contributed by atoms with E-state index in [4.69, 9.17) is 0 Å². The van der Waals surface area contributed by atoms with Crippen LogP contribution in [-0.2, 0) is 20.8 Å². The van der Waals surface area contributed by atoms with E-state index in [2.05, 4.69) is 25.9 Å². The van der Waals surface area contributed by atoms with Gasteiger partial charge < -0.3 is 26.0 Å². The molecule has 0 radical (unpaired) electrons. The lowest BCUT2D eigenvalue weighted by Gasteiger charge is -2.21. The van der Waals surface area contributed by atoms with Gasteiger partial charge in [0.1, 0.15) is 6.42 Å². The fourth-order valence-corrected chi connectivity index (χ4v) is 3.96. The molecule has 0 saturated carbocycles. The average molecular weight is 450 g/mol. The maximum absolute atomic E-state index is 12.9. The molecule has 2 aliphatic rings. The molecule has 0 saturated heterocycles. The van der Waals surface area contributed by atoms with Crippen LogP contribution in [0.5, 0.6) is 0 Å². The minimum Gasteiger partial charge on any atom is -0.481 e.